The summed E-state index contributed by atoms with van der Waals surface area (Å²) < 4.78 is 0.949. The summed E-state index contributed by atoms with van der Waals surface area (Å²) in [5.74, 6) is -0.750. The number of aromatic nitrogens is 1. The van der Waals surface area contributed by atoms with Crippen molar-refractivity contribution >= 4 is 49.7 Å². The molecule has 0 spiro atoms. The Morgan fingerprint density at radius 3 is 2.81 bits per heavy atom. The molecule has 5 rings (SSSR count). The first-order valence-electron chi connectivity index (χ1n) is 9.93. The molecule has 1 aliphatic rings. The van der Waals surface area contributed by atoms with Gasteiger partial charge in [-0.15, -0.1) is 22.7 Å². The van der Waals surface area contributed by atoms with Crippen molar-refractivity contribution in [2.45, 2.75) is 19.5 Å². The van der Waals surface area contributed by atoms with Crippen molar-refractivity contribution in [2.75, 3.05) is 11.9 Å². The van der Waals surface area contributed by atoms with Crippen molar-refractivity contribution < 1.29 is 9.59 Å². The highest BCUT2D eigenvalue weighted by Crippen LogP contribution is 2.37. The van der Waals surface area contributed by atoms with Crippen LogP contribution in [0.2, 0.25) is 0 Å². The number of nitrogens with two attached hydrogens (primary N) is 1. The highest BCUT2D eigenvalue weighted by molar-refractivity contribution is 7.17. The fourth-order valence-electron chi connectivity index (χ4n) is 3.95. The number of amides is 2. The Morgan fingerprint density at radius 1 is 1.16 bits per heavy atom. The second-order valence-corrected chi connectivity index (χ2v) is 9.50. The van der Waals surface area contributed by atoms with Gasteiger partial charge in [0.15, 0.2) is 0 Å². The lowest BCUT2D eigenvalue weighted by Crippen LogP contribution is -2.30. The molecule has 4 aromatic rings. The van der Waals surface area contributed by atoms with Crippen molar-refractivity contribution in [1.82, 2.24) is 9.88 Å². The Kier molecular flexibility index (Phi) is 5.27. The van der Waals surface area contributed by atoms with E-state index in [1.54, 1.807) is 11.6 Å². The summed E-state index contributed by atoms with van der Waals surface area (Å²) in [5.41, 5.74) is 11.5. The van der Waals surface area contributed by atoms with Gasteiger partial charge in [-0.05, 0) is 35.7 Å². The predicted molar refractivity (Wildman–Crippen MR) is 125 cm³/mol. The van der Waals surface area contributed by atoms with E-state index < -0.39 is 5.91 Å². The normalized spacial score (nSPS) is 13.8. The molecular weight excluding hydrogens is 428 g/mol. The molecule has 31 heavy (non-hydrogen) atoms. The molecule has 6 nitrogen and oxygen atoms in total. The third-order valence-electron chi connectivity index (χ3n) is 5.45. The highest BCUT2D eigenvalue weighted by Gasteiger charge is 2.28. The first-order valence-corrected chi connectivity index (χ1v) is 11.6. The van der Waals surface area contributed by atoms with Gasteiger partial charge < -0.3 is 11.1 Å². The van der Waals surface area contributed by atoms with Gasteiger partial charge in [-0.3, -0.25) is 14.5 Å². The summed E-state index contributed by atoms with van der Waals surface area (Å²) in [6.45, 7) is 2.42. The predicted octanol–water partition coefficient (Wildman–Crippen LogP) is 4.27. The Morgan fingerprint density at radius 2 is 2.00 bits per heavy atom. The number of rotatable bonds is 5. The smallest absolute Gasteiger partial charge is 0.256 e. The first kappa shape index (κ1) is 19.9. The minimum atomic E-state index is -0.498. The van der Waals surface area contributed by atoms with Gasteiger partial charge >= 0.3 is 0 Å². The summed E-state index contributed by atoms with van der Waals surface area (Å²) in [7, 11) is 0. The second-order valence-electron chi connectivity index (χ2n) is 7.51. The number of fused-ring (bicyclic) bond motifs is 2. The Bertz CT molecular complexity index is 1280. The largest absolute Gasteiger partial charge is 0.365 e. The fourth-order valence-corrected chi connectivity index (χ4v) is 5.96. The van der Waals surface area contributed by atoms with Gasteiger partial charge in [0.1, 0.15) is 5.00 Å². The maximum atomic E-state index is 12.9. The molecule has 1 aliphatic heterocycles. The number of primary amides is 1. The van der Waals surface area contributed by atoms with E-state index in [9.17, 15) is 9.59 Å². The van der Waals surface area contributed by atoms with E-state index in [1.165, 1.54) is 28.2 Å². The maximum Gasteiger partial charge on any atom is 0.256 e. The number of hydrogen-bond donors (Lipinski definition) is 2. The van der Waals surface area contributed by atoms with Crippen LogP contribution in [0.3, 0.4) is 0 Å². The van der Waals surface area contributed by atoms with E-state index in [2.05, 4.69) is 27.3 Å². The van der Waals surface area contributed by atoms with Crippen molar-refractivity contribution in [3.8, 4) is 0 Å². The Hall–Kier alpha value is -3.07. The summed E-state index contributed by atoms with van der Waals surface area (Å²) in [6, 6.07) is 15.7. The zero-order chi connectivity index (χ0) is 21.4. The summed E-state index contributed by atoms with van der Waals surface area (Å²) in [5, 5.41) is 3.47. The van der Waals surface area contributed by atoms with Crippen LogP contribution < -0.4 is 11.1 Å². The number of carbonyl (C=O) groups excluding carboxylic acids is 2. The van der Waals surface area contributed by atoms with Crippen LogP contribution in [0, 0.1) is 0 Å². The first-order chi connectivity index (χ1) is 15.1. The third-order valence-corrected chi connectivity index (χ3v) is 7.38. The highest BCUT2D eigenvalue weighted by atomic mass is 32.1. The molecule has 0 bridgehead atoms. The summed E-state index contributed by atoms with van der Waals surface area (Å²) in [4.78, 5) is 32.8. The molecule has 156 valence electrons. The van der Waals surface area contributed by atoms with Gasteiger partial charge in [-0.2, -0.15) is 0 Å². The van der Waals surface area contributed by atoms with E-state index in [1.807, 2.05) is 30.3 Å². The van der Waals surface area contributed by atoms with E-state index in [-0.39, 0.29) is 5.91 Å². The number of carbonyl (C=O) groups is 2. The lowest BCUT2D eigenvalue weighted by atomic mass is 10.0. The topological polar surface area (TPSA) is 88.3 Å². The molecule has 2 aromatic carbocycles. The molecule has 0 radical (unpaired) electrons. The van der Waals surface area contributed by atoms with Crippen LogP contribution in [-0.4, -0.2) is 28.2 Å². The zero-order valence-corrected chi connectivity index (χ0v) is 18.3. The molecule has 2 aromatic heterocycles. The van der Waals surface area contributed by atoms with E-state index >= 15 is 0 Å². The van der Waals surface area contributed by atoms with Gasteiger partial charge in [0, 0.05) is 30.1 Å². The van der Waals surface area contributed by atoms with Gasteiger partial charge in [0.2, 0.25) is 0 Å². The summed E-state index contributed by atoms with van der Waals surface area (Å²) >= 11 is 2.94. The van der Waals surface area contributed by atoms with Crippen LogP contribution in [0.1, 0.15) is 36.7 Å². The Balaban J connectivity index is 1.39. The van der Waals surface area contributed by atoms with Crippen LogP contribution in [0.5, 0.6) is 0 Å². The standard InChI is InChI=1S/C23H20N4O2S2/c24-21(28)20-16-8-9-27(11-14-4-2-1-3-5-14)12-19(16)31-23(20)26-22(29)15-6-7-17-18(10-15)30-13-25-17/h1-7,10,13H,8-9,11-12H2,(H2,24,28)(H,26,29). The maximum absolute atomic E-state index is 12.9. The molecule has 8 heteroatoms. The molecule has 0 saturated heterocycles. The number of nitrogens with zero attached hydrogens (tertiary/aromatic N) is 2. The Labute approximate surface area is 187 Å². The van der Waals surface area contributed by atoms with E-state index in [4.69, 9.17) is 5.73 Å². The van der Waals surface area contributed by atoms with Crippen LogP contribution in [0.4, 0.5) is 5.00 Å². The summed E-state index contributed by atoms with van der Waals surface area (Å²) in [6.07, 6.45) is 0.736. The molecule has 0 aliphatic carbocycles. The average molecular weight is 449 g/mol. The second kappa shape index (κ2) is 8.22. The number of thiophene rings is 1. The molecule has 0 fully saturated rings. The van der Waals surface area contributed by atoms with Crippen molar-refractivity contribution in [2.24, 2.45) is 5.73 Å². The number of thiazole rings is 1. The van der Waals surface area contributed by atoms with Crippen LogP contribution in [-0.2, 0) is 19.5 Å². The van der Waals surface area contributed by atoms with Gasteiger partial charge in [-0.1, -0.05) is 30.3 Å². The molecule has 3 heterocycles. The quantitative estimate of drug-likeness (QED) is 0.477. The van der Waals surface area contributed by atoms with Gasteiger partial charge in [-0.25, -0.2) is 4.98 Å². The van der Waals surface area contributed by atoms with Crippen LogP contribution in [0.25, 0.3) is 10.2 Å². The van der Waals surface area contributed by atoms with E-state index in [0.717, 1.165) is 46.7 Å². The molecular formula is C23H20N4O2S2. The molecule has 3 N–H and O–H groups in total. The lowest BCUT2D eigenvalue weighted by molar-refractivity contribution is 0.0999. The molecule has 0 unspecified atom stereocenters. The lowest BCUT2D eigenvalue weighted by Gasteiger charge is -2.27. The molecule has 2 amide bonds. The number of anilines is 1. The third kappa shape index (κ3) is 3.97. The van der Waals surface area contributed by atoms with Crippen molar-refractivity contribution in [1.29, 1.82) is 0 Å². The van der Waals surface area contributed by atoms with Gasteiger partial charge in [0.25, 0.3) is 11.8 Å². The number of benzene rings is 2. The van der Waals surface area contributed by atoms with E-state index in [0.29, 0.717) is 16.1 Å². The van der Waals surface area contributed by atoms with Crippen LogP contribution in [0.15, 0.2) is 54.0 Å². The fraction of sp³-hybridized carbons (Fsp3) is 0.174. The SMILES string of the molecule is NC(=O)c1c(NC(=O)c2ccc3ncsc3c2)sc2c1CCN(Cc1ccccc1)C2. The molecule has 0 saturated carbocycles. The van der Waals surface area contributed by atoms with Crippen LogP contribution >= 0.6 is 22.7 Å². The zero-order valence-electron chi connectivity index (χ0n) is 16.6. The molecule has 0 atom stereocenters. The van der Waals surface area contributed by atoms with Gasteiger partial charge in [0.05, 0.1) is 21.3 Å². The minimum Gasteiger partial charge on any atom is -0.365 e. The monoisotopic (exact) mass is 448 g/mol. The number of hydrogen-bond acceptors (Lipinski definition) is 6. The average Bonchev–Trinajstić information content (AvgIpc) is 3.37. The van der Waals surface area contributed by atoms with Crippen molar-refractivity contribution in [3.05, 3.63) is 81.2 Å². The van der Waals surface area contributed by atoms with Crippen molar-refractivity contribution in [3.63, 3.8) is 0 Å². The number of nitrogens with one attached hydrogen (secondary N) is 1. The minimum absolute atomic E-state index is 0.252.